The van der Waals surface area contributed by atoms with Crippen LogP contribution in [-0.2, 0) is 0 Å². The van der Waals surface area contributed by atoms with Crippen molar-refractivity contribution in [2.24, 2.45) is 0 Å². The summed E-state index contributed by atoms with van der Waals surface area (Å²) in [4.78, 5) is 0.994. The van der Waals surface area contributed by atoms with Gasteiger partial charge in [-0.2, -0.15) is 5.10 Å². The summed E-state index contributed by atoms with van der Waals surface area (Å²) in [6.45, 7) is 0. The van der Waals surface area contributed by atoms with Gasteiger partial charge in [0.05, 0.1) is 10.9 Å². The van der Waals surface area contributed by atoms with Crippen LogP contribution in [0.2, 0.25) is 10.2 Å². The van der Waals surface area contributed by atoms with Crippen molar-refractivity contribution in [1.29, 1.82) is 0 Å². The van der Waals surface area contributed by atoms with Crippen molar-refractivity contribution in [2.45, 2.75) is 4.90 Å². The predicted octanol–water partition coefficient (Wildman–Crippen LogP) is 5.52. The van der Waals surface area contributed by atoms with Crippen molar-refractivity contribution in [2.75, 3.05) is 6.26 Å². The number of aromatic nitrogens is 2. The van der Waals surface area contributed by atoms with Gasteiger partial charge >= 0.3 is 0 Å². The van der Waals surface area contributed by atoms with E-state index in [-0.39, 0.29) is 5.02 Å². The lowest BCUT2D eigenvalue weighted by Gasteiger charge is -2.09. The molecule has 0 aliphatic heterocycles. The van der Waals surface area contributed by atoms with Crippen LogP contribution in [0, 0.1) is 5.82 Å². The molecule has 1 heterocycles. The Labute approximate surface area is 134 Å². The highest BCUT2D eigenvalue weighted by Crippen LogP contribution is 2.38. The van der Waals surface area contributed by atoms with Gasteiger partial charge in [-0.3, -0.25) is 5.10 Å². The second-order valence-corrected chi connectivity index (χ2v) is 5.88. The Morgan fingerprint density at radius 2 is 2.05 bits per heavy atom. The van der Waals surface area contributed by atoms with Gasteiger partial charge in [0.1, 0.15) is 17.3 Å². The van der Waals surface area contributed by atoms with E-state index in [9.17, 15) is 4.39 Å². The molecule has 0 unspecified atom stereocenters. The zero-order chi connectivity index (χ0) is 15.0. The SMILES string of the molecule is CSc1ccc(Oc2cc(F)cc(Cl)c2)c2c(Cl)n[nH]c12. The highest BCUT2D eigenvalue weighted by molar-refractivity contribution is 7.98. The van der Waals surface area contributed by atoms with E-state index in [1.54, 1.807) is 17.8 Å². The molecule has 7 heteroatoms. The van der Waals surface area contributed by atoms with E-state index in [0.29, 0.717) is 22.0 Å². The van der Waals surface area contributed by atoms with E-state index in [1.165, 1.54) is 18.2 Å². The van der Waals surface area contributed by atoms with Crippen molar-refractivity contribution in [1.82, 2.24) is 10.2 Å². The Morgan fingerprint density at radius 1 is 1.24 bits per heavy atom. The van der Waals surface area contributed by atoms with E-state index < -0.39 is 5.82 Å². The molecule has 0 amide bonds. The van der Waals surface area contributed by atoms with E-state index >= 15 is 0 Å². The summed E-state index contributed by atoms with van der Waals surface area (Å²) in [5.41, 5.74) is 0.785. The Hall–Kier alpha value is -1.43. The number of benzene rings is 2. The van der Waals surface area contributed by atoms with Crippen LogP contribution in [0.25, 0.3) is 10.9 Å². The lowest BCUT2D eigenvalue weighted by atomic mass is 10.2. The van der Waals surface area contributed by atoms with Crippen LogP contribution in [0.4, 0.5) is 4.39 Å². The van der Waals surface area contributed by atoms with Gasteiger partial charge in [-0.05, 0) is 30.5 Å². The zero-order valence-corrected chi connectivity index (χ0v) is 13.1. The topological polar surface area (TPSA) is 37.9 Å². The third-order valence-corrected chi connectivity index (χ3v) is 4.16. The number of H-pyrrole nitrogens is 1. The third-order valence-electron chi connectivity index (χ3n) is 2.88. The standard InChI is InChI=1S/C14H9Cl2FN2OS/c1-21-11-3-2-10(12-13(11)18-19-14(12)16)20-9-5-7(15)4-8(17)6-9/h2-6H,1H3,(H,18,19). The molecule has 2 aromatic carbocycles. The van der Waals surface area contributed by atoms with E-state index in [1.807, 2.05) is 12.3 Å². The molecule has 21 heavy (non-hydrogen) atoms. The first-order valence-corrected chi connectivity index (χ1v) is 7.91. The molecule has 3 aromatic rings. The number of nitrogens with zero attached hydrogens (tertiary/aromatic N) is 1. The van der Waals surface area contributed by atoms with Crippen molar-refractivity contribution in [3.63, 3.8) is 0 Å². The Balaban J connectivity index is 2.10. The number of hydrogen-bond acceptors (Lipinski definition) is 3. The Bertz CT molecular complexity index is 802. The van der Waals surface area contributed by atoms with Gasteiger partial charge in [0, 0.05) is 16.0 Å². The molecule has 3 rings (SSSR count). The van der Waals surface area contributed by atoms with Gasteiger partial charge in [-0.25, -0.2) is 4.39 Å². The number of rotatable bonds is 3. The Kier molecular flexibility index (Phi) is 3.97. The molecule has 0 aliphatic rings. The van der Waals surface area contributed by atoms with Crippen molar-refractivity contribution in [3.05, 3.63) is 46.3 Å². The van der Waals surface area contributed by atoms with Crippen LogP contribution in [0.1, 0.15) is 0 Å². The van der Waals surface area contributed by atoms with Gasteiger partial charge in [0.2, 0.25) is 0 Å². The average molecular weight is 343 g/mol. The zero-order valence-electron chi connectivity index (χ0n) is 10.8. The van der Waals surface area contributed by atoms with E-state index in [2.05, 4.69) is 10.2 Å². The van der Waals surface area contributed by atoms with Crippen LogP contribution >= 0.6 is 35.0 Å². The van der Waals surface area contributed by atoms with Crippen LogP contribution in [-0.4, -0.2) is 16.5 Å². The molecule has 1 aromatic heterocycles. The fraction of sp³-hybridized carbons (Fsp3) is 0.0714. The molecule has 0 spiro atoms. The first kappa shape index (κ1) is 14.5. The summed E-state index contributed by atoms with van der Waals surface area (Å²) in [5, 5.41) is 8.09. The predicted molar refractivity (Wildman–Crippen MR) is 84.4 cm³/mol. The van der Waals surface area contributed by atoms with Gasteiger partial charge in [-0.1, -0.05) is 23.2 Å². The smallest absolute Gasteiger partial charge is 0.162 e. The maximum Gasteiger partial charge on any atom is 0.162 e. The number of ether oxygens (including phenoxy) is 1. The summed E-state index contributed by atoms with van der Waals surface area (Å²) in [5.74, 6) is 0.325. The van der Waals surface area contributed by atoms with E-state index in [4.69, 9.17) is 27.9 Å². The lowest BCUT2D eigenvalue weighted by molar-refractivity contribution is 0.482. The molecule has 0 atom stereocenters. The normalized spacial score (nSPS) is 11.0. The third kappa shape index (κ3) is 2.81. The molecular formula is C14H9Cl2FN2OS. The quantitative estimate of drug-likeness (QED) is 0.636. The molecule has 0 bridgehead atoms. The van der Waals surface area contributed by atoms with Crippen molar-refractivity contribution >= 4 is 45.9 Å². The summed E-state index contributed by atoms with van der Waals surface area (Å²) >= 11 is 13.5. The van der Waals surface area contributed by atoms with Crippen LogP contribution in [0.5, 0.6) is 11.5 Å². The van der Waals surface area contributed by atoms with Crippen LogP contribution in [0.3, 0.4) is 0 Å². The monoisotopic (exact) mass is 342 g/mol. The first-order chi connectivity index (χ1) is 10.1. The lowest BCUT2D eigenvalue weighted by Crippen LogP contribution is -1.88. The summed E-state index contributed by atoms with van der Waals surface area (Å²) in [6, 6.07) is 7.67. The molecule has 108 valence electrons. The largest absolute Gasteiger partial charge is 0.456 e. The van der Waals surface area contributed by atoms with Gasteiger partial charge < -0.3 is 4.74 Å². The van der Waals surface area contributed by atoms with E-state index in [0.717, 1.165) is 10.4 Å². The highest BCUT2D eigenvalue weighted by atomic mass is 35.5. The highest BCUT2D eigenvalue weighted by Gasteiger charge is 2.14. The number of halogens is 3. The number of hydrogen-bond donors (Lipinski definition) is 1. The van der Waals surface area contributed by atoms with Gasteiger partial charge in [0.25, 0.3) is 0 Å². The second kappa shape index (κ2) is 5.75. The molecule has 0 fully saturated rings. The molecule has 0 saturated carbocycles. The van der Waals surface area contributed by atoms with Gasteiger partial charge in [0.15, 0.2) is 5.15 Å². The minimum atomic E-state index is -0.465. The summed E-state index contributed by atoms with van der Waals surface area (Å²) < 4.78 is 19.1. The Morgan fingerprint density at radius 3 is 2.76 bits per heavy atom. The number of thioether (sulfide) groups is 1. The van der Waals surface area contributed by atoms with Gasteiger partial charge in [-0.15, -0.1) is 11.8 Å². The molecule has 3 nitrogen and oxygen atoms in total. The molecule has 0 saturated heterocycles. The summed E-state index contributed by atoms with van der Waals surface area (Å²) in [6.07, 6.45) is 1.95. The second-order valence-electron chi connectivity index (χ2n) is 4.24. The molecule has 0 aliphatic carbocycles. The number of aromatic amines is 1. The van der Waals surface area contributed by atoms with Crippen LogP contribution in [0.15, 0.2) is 35.2 Å². The number of fused-ring (bicyclic) bond motifs is 1. The first-order valence-electron chi connectivity index (χ1n) is 5.93. The average Bonchev–Trinajstić information content (AvgIpc) is 2.81. The van der Waals surface area contributed by atoms with Crippen LogP contribution < -0.4 is 4.74 Å². The minimum absolute atomic E-state index is 0.264. The molecule has 0 radical (unpaired) electrons. The van der Waals surface area contributed by atoms with Crippen molar-refractivity contribution in [3.8, 4) is 11.5 Å². The fourth-order valence-electron chi connectivity index (χ4n) is 2.01. The molecule has 1 N–H and O–H groups in total. The fourth-order valence-corrected chi connectivity index (χ4v) is 3.01. The summed E-state index contributed by atoms with van der Waals surface area (Å²) in [7, 11) is 0. The van der Waals surface area contributed by atoms with Crippen molar-refractivity contribution < 1.29 is 9.13 Å². The molecular weight excluding hydrogens is 334 g/mol. The number of nitrogens with one attached hydrogen (secondary N) is 1. The maximum atomic E-state index is 13.4. The maximum absolute atomic E-state index is 13.4. The minimum Gasteiger partial charge on any atom is -0.456 e.